The van der Waals surface area contributed by atoms with Crippen molar-refractivity contribution in [2.24, 2.45) is 0 Å². The summed E-state index contributed by atoms with van der Waals surface area (Å²) in [7, 11) is 0. The van der Waals surface area contributed by atoms with Gasteiger partial charge in [-0.3, -0.25) is 14.9 Å². The van der Waals surface area contributed by atoms with Gasteiger partial charge in [0.15, 0.2) is 0 Å². The van der Waals surface area contributed by atoms with Crippen LogP contribution in [0.1, 0.15) is 27.8 Å². The second-order valence-electron chi connectivity index (χ2n) is 8.37. The van der Waals surface area contributed by atoms with Crippen molar-refractivity contribution in [2.45, 2.75) is 27.4 Å². The fraction of sp³-hybridized carbons (Fsp3) is 0.148. The van der Waals surface area contributed by atoms with E-state index in [2.05, 4.69) is 39.4 Å². The number of amides is 4. The zero-order valence-corrected chi connectivity index (χ0v) is 21.7. The van der Waals surface area contributed by atoms with Gasteiger partial charge in [-0.2, -0.15) is 0 Å². The Morgan fingerprint density at radius 1 is 0.971 bits per heavy atom. The molecule has 1 N–H and O–H groups in total. The standard InChI is InChI=1S/C27H22BrClN2O4/c1-15-8-16(2)10-19(9-15)14-35-24-7-5-18(12-22(24)28)11-21-25(32)30-27(34)31(26(21)33)20-6-4-17(3)23(29)13-20/h4-13H,14H2,1-3H3,(H,30,32,34)/b21-11+. The molecule has 0 unspecified atom stereocenters. The van der Waals surface area contributed by atoms with Gasteiger partial charge < -0.3 is 4.74 Å². The molecule has 1 aliphatic rings. The van der Waals surface area contributed by atoms with Crippen LogP contribution in [0, 0.1) is 20.8 Å². The van der Waals surface area contributed by atoms with Crippen molar-refractivity contribution in [3.8, 4) is 5.75 Å². The van der Waals surface area contributed by atoms with E-state index in [1.54, 1.807) is 30.3 Å². The van der Waals surface area contributed by atoms with Gasteiger partial charge in [0.2, 0.25) is 0 Å². The molecule has 1 saturated heterocycles. The van der Waals surface area contributed by atoms with Crippen LogP contribution in [-0.4, -0.2) is 17.8 Å². The maximum atomic E-state index is 13.1. The summed E-state index contributed by atoms with van der Waals surface area (Å²) in [5.74, 6) is -0.873. The third-order valence-electron chi connectivity index (χ3n) is 5.46. The zero-order valence-electron chi connectivity index (χ0n) is 19.3. The highest BCUT2D eigenvalue weighted by Gasteiger charge is 2.37. The fourth-order valence-electron chi connectivity index (χ4n) is 3.82. The number of carbonyl (C=O) groups is 3. The van der Waals surface area contributed by atoms with Gasteiger partial charge in [0.1, 0.15) is 17.9 Å². The molecule has 1 heterocycles. The van der Waals surface area contributed by atoms with Crippen molar-refractivity contribution in [1.82, 2.24) is 5.32 Å². The molecule has 4 amide bonds. The number of nitrogens with zero attached hydrogens (tertiary/aromatic N) is 1. The maximum Gasteiger partial charge on any atom is 0.335 e. The number of nitrogens with one attached hydrogen (secondary N) is 1. The van der Waals surface area contributed by atoms with E-state index < -0.39 is 17.8 Å². The predicted molar refractivity (Wildman–Crippen MR) is 140 cm³/mol. The number of benzene rings is 3. The molecule has 1 aliphatic heterocycles. The molecular formula is C27H22BrClN2O4. The fourth-order valence-corrected chi connectivity index (χ4v) is 4.50. The second-order valence-corrected chi connectivity index (χ2v) is 9.63. The number of halogens is 2. The van der Waals surface area contributed by atoms with Crippen LogP contribution in [0.2, 0.25) is 5.02 Å². The number of ether oxygens (including phenoxy) is 1. The third kappa shape index (κ3) is 5.47. The zero-order chi connectivity index (χ0) is 25.3. The van der Waals surface area contributed by atoms with Crippen LogP contribution in [-0.2, 0) is 16.2 Å². The summed E-state index contributed by atoms with van der Waals surface area (Å²) >= 11 is 9.67. The third-order valence-corrected chi connectivity index (χ3v) is 6.48. The van der Waals surface area contributed by atoms with Gasteiger partial charge in [0, 0.05) is 5.02 Å². The Labute approximate surface area is 216 Å². The van der Waals surface area contributed by atoms with E-state index in [-0.39, 0.29) is 11.3 Å². The number of carbonyl (C=O) groups excluding carboxylic acids is 3. The molecule has 0 saturated carbocycles. The van der Waals surface area contributed by atoms with Crippen LogP contribution in [0.15, 0.2) is 64.6 Å². The molecule has 3 aromatic carbocycles. The number of urea groups is 1. The molecule has 6 nitrogen and oxygen atoms in total. The number of imide groups is 2. The first kappa shape index (κ1) is 24.7. The minimum atomic E-state index is -0.826. The van der Waals surface area contributed by atoms with Crippen LogP contribution in [0.5, 0.6) is 5.75 Å². The van der Waals surface area contributed by atoms with E-state index in [1.165, 1.54) is 23.3 Å². The molecule has 4 rings (SSSR count). The van der Waals surface area contributed by atoms with E-state index in [4.69, 9.17) is 16.3 Å². The Balaban J connectivity index is 1.57. The van der Waals surface area contributed by atoms with Gasteiger partial charge in [-0.25, -0.2) is 9.69 Å². The molecule has 0 aromatic heterocycles. The lowest BCUT2D eigenvalue weighted by molar-refractivity contribution is -0.122. The van der Waals surface area contributed by atoms with Crippen LogP contribution in [0.3, 0.4) is 0 Å². The van der Waals surface area contributed by atoms with Crippen molar-refractivity contribution >= 4 is 57.1 Å². The van der Waals surface area contributed by atoms with Gasteiger partial charge in [0.05, 0.1) is 10.2 Å². The molecule has 0 radical (unpaired) electrons. The average molecular weight is 554 g/mol. The summed E-state index contributed by atoms with van der Waals surface area (Å²) < 4.78 is 6.62. The SMILES string of the molecule is Cc1cc(C)cc(COc2ccc(/C=C3\C(=O)NC(=O)N(c4ccc(C)c(Cl)c4)C3=O)cc2Br)c1. The van der Waals surface area contributed by atoms with Crippen molar-refractivity contribution < 1.29 is 19.1 Å². The van der Waals surface area contributed by atoms with E-state index >= 15 is 0 Å². The average Bonchev–Trinajstić information content (AvgIpc) is 2.77. The van der Waals surface area contributed by atoms with Crippen LogP contribution >= 0.6 is 27.5 Å². The molecule has 0 bridgehead atoms. The molecule has 35 heavy (non-hydrogen) atoms. The van der Waals surface area contributed by atoms with Gasteiger partial charge in [0.25, 0.3) is 11.8 Å². The lowest BCUT2D eigenvalue weighted by atomic mass is 10.1. The minimum absolute atomic E-state index is 0.169. The number of hydrogen-bond donors (Lipinski definition) is 1. The first-order valence-electron chi connectivity index (χ1n) is 10.8. The molecule has 3 aromatic rings. The molecule has 0 atom stereocenters. The summed E-state index contributed by atoms with van der Waals surface area (Å²) in [6, 6.07) is 15.5. The monoisotopic (exact) mass is 552 g/mol. The lowest BCUT2D eigenvalue weighted by Crippen LogP contribution is -2.54. The molecule has 8 heteroatoms. The van der Waals surface area contributed by atoms with Gasteiger partial charge >= 0.3 is 6.03 Å². The summed E-state index contributed by atoms with van der Waals surface area (Å²) in [6.45, 7) is 6.30. The Bertz CT molecular complexity index is 1380. The molecule has 1 fully saturated rings. The summed E-state index contributed by atoms with van der Waals surface area (Å²) in [6.07, 6.45) is 1.44. The van der Waals surface area contributed by atoms with E-state index in [1.807, 2.05) is 20.8 Å². The molecular weight excluding hydrogens is 532 g/mol. The highest BCUT2D eigenvalue weighted by molar-refractivity contribution is 9.10. The van der Waals surface area contributed by atoms with E-state index in [9.17, 15) is 14.4 Å². The van der Waals surface area contributed by atoms with Crippen molar-refractivity contribution in [2.75, 3.05) is 4.90 Å². The quantitative estimate of drug-likeness (QED) is 0.298. The van der Waals surface area contributed by atoms with Crippen molar-refractivity contribution in [3.05, 3.63) is 97.5 Å². The Morgan fingerprint density at radius 3 is 2.34 bits per heavy atom. The number of rotatable bonds is 5. The maximum absolute atomic E-state index is 13.1. The van der Waals surface area contributed by atoms with Gasteiger partial charge in [-0.15, -0.1) is 0 Å². The van der Waals surface area contributed by atoms with Crippen LogP contribution < -0.4 is 15.0 Å². The van der Waals surface area contributed by atoms with Crippen LogP contribution in [0.4, 0.5) is 10.5 Å². The second kappa shape index (κ2) is 10.1. The molecule has 178 valence electrons. The smallest absolute Gasteiger partial charge is 0.335 e. The molecule has 0 spiro atoms. The van der Waals surface area contributed by atoms with Crippen LogP contribution in [0.25, 0.3) is 6.08 Å². The number of anilines is 1. The van der Waals surface area contributed by atoms with Gasteiger partial charge in [-0.1, -0.05) is 53.1 Å². The minimum Gasteiger partial charge on any atom is -0.488 e. The van der Waals surface area contributed by atoms with Gasteiger partial charge in [-0.05, 0) is 83.7 Å². The number of aryl methyl sites for hydroxylation is 3. The highest BCUT2D eigenvalue weighted by Crippen LogP contribution is 2.30. The number of barbiturate groups is 1. The summed E-state index contributed by atoms with van der Waals surface area (Å²) in [5.41, 5.74) is 4.89. The lowest BCUT2D eigenvalue weighted by Gasteiger charge is -2.26. The van der Waals surface area contributed by atoms with E-state index in [0.29, 0.717) is 27.4 Å². The van der Waals surface area contributed by atoms with Crippen molar-refractivity contribution in [3.63, 3.8) is 0 Å². The van der Waals surface area contributed by atoms with E-state index in [0.717, 1.165) is 16.0 Å². The summed E-state index contributed by atoms with van der Waals surface area (Å²) in [5, 5.41) is 2.62. The Morgan fingerprint density at radius 2 is 1.69 bits per heavy atom. The topological polar surface area (TPSA) is 75.7 Å². The highest BCUT2D eigenvalue weighted by atomic mass is 79.9. The van der Waals surface area contributed by atoms with Crippen molar-refractivity contribution in [1.29, 1.82) is 0 Å². The Kier molecular flexibility index (Phi) is 7.10. The number of hydrogen-bond acceptors (Lipinski definition) is 4. The Hall–Kier alpha value is -3.42. The predicted octanol–water partition coefficient (Wildman–Crippen LogP) is 6.27. The summed E-state index contributed by atoms with van der Waals surface area (Å²) in [4.78, 5) is 38.9. The molecule has 0 aliphatic carbocycles. The first-order valence-corrected chi connectivity index (χ1v) is 12.0. The largest absolute Gasteiger partial charge is 0.488 e. The first-order chi connectivity index (χ1) is 16.6. The normalized spacial score (nSPS) is 14.9.